The van der Waals surface area contributed by atoms with Gasteiger partial charge in [0, 0.05) is 10.3 Å². The van der Waals surface area contributed by atoms with Crippen LogP contribution in [0.25, 0.3) is 10.9 Å². The molecule has 0 spiro atoms. The number of nitrogens with one attached hydrogen (secondary N) is 1. The second kappa shape index (κ2) is 4.85. The van der Waals surface area contributed by atoms with Crippen molar-refractivity contribution >= 4 is 34.0 Å². The molecule has 0 fully saturated rings. The molecule has 19 heavy (non-hydrogen) atoms. The Labute approximate surface area is 115 Å². The zero-order valence-electron chi connectivity index (χ0n) is 10.6. The van der Waals surface area contributed by atoms with Crippen molar-refractivity contribution in [1.29, 1.82) is 0 Å². The first kappa shape index (κ1) is 11.9. The molecule has 0 saturated heterocycles. The van der Waals surface area contributed by atoms with E-state index in [9.17, 15) is 0 Å². The van der Waals surface area contributed by atoms with Crippen molar-refractivity contribution < 1.29 is 0 Å². The van der Waals surface area contributed by atoms with Crippen molar-refractivity contribution in [3.8, 4) is 0 Å². The molecule has 0 aliphatic heterocycles. The number of benzene rings is 1. The standard InChI is InChI=1S/C14H14N4S/c1-9-6-7-19-12(9)8-16-13-10-4-2-3-5-11(10)17-14(15)18-13/h2-7H,8H2,1H3,(H3,15,16,17,18). The third-order valence-electron chi connectivity index (χ3n) is 3.01. The number of thiophene rings is 1. The lowest BCUT2D eigenvalue weighted by atomic mass is 10.2. The number of aryl methyl sites for hydroxylation is 1. The third-order valence-corrected chi connectivity index (χ3v) is 4.03. The number of anilines is 2. The van der Waals surface area contributed by atoms with E-state index in [4.69, 9.17) is 5.73 Å². The second-order valence-corrected chi connectivity index (χ2v) is 5.33. The summed E-state index contributed by atoms with van der Waals surface area (Å²) in [6, 6.07) is 9.98. The highest BCUT2D eigenvalue weighted by molar-refractivity contribution is 7.10. The van der Waals surface area contributed by atoms with Crippen molar-refractivity contribution in [2.24, 2.45) is 0 Å². The summed E-state index contributed by atoms with van der Waals surface area (Å²) in [5.41, 5.74) is 7.90. The van der Waals surface area contributed by atoms with Crippen LogP contribution in [0.2, 0.25) is 0 Å². The van der Waals surface area contributed by atoms with E-state index in [0.717, 1.165) is 23.3 Å². The summed E-state index contributed by atoms with van der Waals surface area (Å²) >= 11 is 1.74. The van der Waals surface area contributed by atoms with E-state index in [1.165, 1.54) is 10.4 Å². The number of hydrogen-bond acceptors (Lipinski definition) is 5. The van der Waals surface area contributed by atoms with E-state index in [-0.39, 0.29) is 0 Å². The first-order valence-electron chi connectivity index (χ1n) is 6.03. The highest BCUT2D eigenvalue weighted by Crippen LogP contribution is 2.23. The molecule has 0 atom stereocenters. The van der Waals surface area contributed by atoms with Crippen LogP contribution in [0.15, 0.2) is 35.7 Å². The molecule has 0 aliphatic carbocycles. The molecule has 0 bridgehead atoms. The Balaban J connectivity index is 1.94. The minimum Gasteiger partial charge on any atom is -0.368 e. The van der Waals surface area contributed by atoms with Crippen molar-refractivity contribution in [2.75, 3.05) is 11.1 Å². The smallest absolute Gasteiger partial charge is 0.222 e. The third kappa shape index (κ3) is 2.37. The Morgan fingerprint density at radius 2 is 2.05 bits per heavy atom. The van der Waals surface area contributed by atoms with Crippen molar-refractivity contribution in [3.05, 3.63) is 46.2 Å². The topological polar surface area (TPSA) is 63.8 Å². The second-order valence-electron chi connectivity index (χ2n) is 4.33. The molecule has 2 heterocycles. The summed E-state index contributed by atoms with van der Waals surface area (Å²) in [7, 11) is 0. The van der Waals surface area contributed by atoms with Crippen molar-refractivity contribution in [3.63, 3.8) is 0 Å². The molecule has 96 valence electrons. The molecule has 5 heteroatoms. The van der Waals surface area contributed by atoms with Gasteiger partial charge in [0.15, 0.2) is 0 Å². The van der Waals surface area contributed by atoms with Crippen LogP contribution < -0.4 is 11.1 Å². The van der Waals surface area contributed by atoms with Gasteiger partial charge in [-0.05, 0) is 36.1 Å². The Bertz CT molecular complexity index is 720. The van der Waals surface area contributed by atoms with E-state index in [1.807, 2.05) is 24.3 Å². The predicted molar refractivity (Wildman–Crippen MR) is 80.3 cm³/mol. The number of nitrogen functional groups attached to an aromatic ring is 1. The molecule has 3 aromatic rings. The van der Waals surface area contributed by atoms with Gasteiger partial charge in [0.25, 0.3) is 0 Å². The maximum absolute atomic E-state index is 5.74. The molecule has 0 unspecified atom stereocenters. The molecule has 0 aliphatic rings. The van der Waals surface area contributed by atoms with Crippen LogP contribution in [0.1, 0.15) is 10.4 Å². The highest BCUT2D eigenvalue weighted by atomic mass is 32.1. The number of fused-ring (bicyclic) bond motifs is 1. The fraction of sp³-hybridized carbons (Fsp3) is 0.143. The number of para-hydroxylation sites is 1. The number of hydrogen-bond donors (Lipinski definition) is 2. The first-order valence-corrected chi connectivity index (χ1v) is 6.91. The van der Waals surface area contributed by atoms with E-state index in [0.29, 0.717) is 5.95 Å². The molecule has 0 radical (unpaired) electrons. The molecule has 3 rings (SSSR count). The number of rotatable bonds is 3. The quantitative estimate of drug-likeness (QED) is 0.767. The molecule has 3 N–H and O–H groups in total. The van der Waals surface area contributed by atoms with E-state index >= 15 is 0 Å². The van der Waals surface area contributed by atoms with Gasteiger partial charge < -0.3 is 11.1 Å². The number of aromatic nitrogens is 2. The van der Waals surface area contributed by atoms with Crippen molar-refractivity contribution in [2.45, 2.75) is 13.5 Å². The molecule has 1 aromatic carbocycles. The van der Waals surface area contributed by atoms with E-state index in [1.54, 1.807) is 11.3 Å². The van der Waals surface area contributed by atoms with Crippen LogP contribution in [0.4, 0.5) is 11.8 Å². The molecular weight excluding hydrogens is 256 g/mol. The van der Waals surface area contributed by atoms with Gasteiger partial charge in [-0.2, -0.15) is 4.98 Å². The van der Waals surface area contributed by atoms with Gasteiger partial charge in [-0.15, -0.1) is 11.3 Å². The maximum atomic E-state index is 5.74. The Hall–Kier alpha value is -2.14. The molecule has 0 saturated carbocycles. The largest absolute Gasteiger partial charge is 0.368 e. The average molecular weight is 270 g/mol. The van der Waals surface area contributed by atoms with Crippen LogP contribution in [0, 0.1) is 6.92 Å². The summed E-state index contributed by atoms with van der Waals surface area (Å²) in [6.07, 6.45) is 0. The summed E-state index contributed by atoms with van der Waals surface area (Å²) in [4.78, 5) is 9.83. The summed E-state index contributed by atoms with van der Waals surface area (Å²) in [5.74, 6) is 1.08. The Kier molecular flexibility index (Phi) is 3.05. The van der Waals surface area contributed by atoms with Gasteiger partial charge in [-0.3, -0.25) is 0 Å². The zero-order valence-corrected chi connectivity index (χ0v) is 11.4. The predicted octanol–water partition coefficient (Wildman–Crippen LogP) is 3.19. The van der Waals surface area contributed by atoms with Gasteiger partial charge in [0.05, 0.1) is 12.1 Å². The van der Waals surface area contributed by atoms with Crippen LogP contribution in [-0.4, -0.2) is 9.97 Å². The highest BCUT2D eigenvalue weighted by Gasteiger charge is 2.06. The lowest BCUT2D eigenvalue weighted by molar-refractivity contribution is 1.12. The fourth-order valence-corrected chi connectivity index (χ4v) is 2.82. The molecular formula is C14H14N4S. The van der Waals surface area contributed by atoms with Crippen LogP contribution in [-0.2, 0) is 6.54 Å². The molecule has 2 aromatic heterocycles. The van der Waals surface area contributed by atoms with E-state index in [2.05, 4.69) is 33.7 Å². The van der Waals surface area contributed by atoms with Crippen LogP contribution in [0.5, 0.6) is 0 Å². The minimum absolute atomic E-state index is 0.295. The zero-order chi connectivity index (χ0) is 13.2. The minimum atomic E-state index is 0.295. The molecule has 4 nitrogen and oxygen atoms in total. The fourth-order valence-electron chi connectivity index (χ4n) is 1.98. The summed E-state index contributed by atoms with van der Waals surface area (Å²) in [5, 5.41) is 6.44. The van der Waals surface area contributed by atoms with Crippen molar-refractivity contribution in [1.82, 2.24) is 9.97 Å². The summed E-state index contributed by atoms with van der Waals surface area (Å²) < 4.78 is 0. The average Bonchev–Trinajstić information content (AvgIpc) is 2.81. The lowest BCUT2D eigenvalue weighted by Crippen LogP contribution is -2.05. The van der Waals surface area contributed by atoms with Gasteiger partial charge in [-0.1, -0.05) is 12.1 Å². The monoisotopic (exact) mass is 270 g/mol. The normalized spacial score (nSPS) is 10.8. The van der Waals surface area contributed by atoms with Crippen LogP contribution >= 0.6 is 11.3 Å². The van der Waals surface area contributed by atoms with Gasteiger partial charge in [-0.25, -0.2) is 4.98 Å². The molecule has 0 amide bonds. The lowest BCUT2D eigenvalue weighted by Gasteiger charge is -2.09. The van der Waals surface area contributed by atoms with Gasteiger partial charge >= 0.3 is 0 Å². The first-order chi connectivity index (χ1) is 9.24. The van der Waals surface area contributed by atoms with E-state index < -0.39 is 0 Å². The SMILES string of the molecule is Cc1ccsc1CNc1nc(N)nc2ccccc12. The maximum Gasteiger partial charge on any atom is 0.222 e. The van der Waals surface area contributed by atoms with Crippen LogP contribution in [0.3, 0.4) is 0 Å². The number of nitrogens with two attached hydrogens (primary N) is 1. The Morgan fingerprint density at radius 1 is 1.21 bits per heavy atom. The van der Waals surface area contributed by atoms with Gasteiger partial charge in [0.2, 0.25) is 5.95 Å². The van der Waals surface area contributed by atoms with Gasteiger partial charge in [0.1, 0.15) is 5.82 Å². The summed E-state index contributed by atoms with van der Waals surface area (Å²) in [6.45, 7) is 2.86. The number of nitrogens with zero attached hydrogens (tertiary/aromatic N) is 2. The Morgan fingerprint density at radius 3 is 2.84 bits per heavy atom.